The minimum atomic E-state index is -0.119. The predicted octanol–water partition coefficient (Wildman–Crippen LogP) is 5.07. The lowest BCUT2D eigenvalue weighted by atomic mass is 9.85. The van der Waals surface area contributed by atoms with Crippen LogP contribution >= 0.6 is 11.6 Å². The average molecular weight is 312 g/mol. The number of nitrogens with one attached hydrogen (secondary N) is 1. The SMILES string of the molecule is CC(C)CNCC(Cc1cc(Cl)ccc1F)C1CCCC1. The van der Waals surface area contributed by atoms with E-state index >= 15 is 0 Å². The minimum absolute atomic E-state index is 0.119. The van der Waals surface area contributed by atoms with Gasteiger partial charge in [-0.1, -0.05) is 51.1 Å². The second kappa shape index (κ2) is 8.14. The van der Waals surface area contributed by atoms with E-state index < -0.39 is 0 Å². The van der Waals surface area contributed by atoms with Gasteiger partial charge in [0.1, 0.15) is 5.82 Å². The van der Waals surface area contributed by atoms with Crippen molar-refractivity contribution >= 4 is 11.6 Å². The molecule has 0 bridgehead atoms. The molecule has 2 rings (SSSR count). The first kappa shape index (κ1) is 16.8. The van der Waals surface area contributed by atoms with Crippen LogP contribution in [0.25, 0.3) is 0 Å². The molecule has 1 N–H and O–H groups in total. The molecular weight excluding hydrogens is 285 g/mol. The monoisotopic (exact) mass is 311 g/mol. The van der Waals surface area contributed by atoms with Gasteiger partial charge in [-0.05, 0) is 61.0 Å². The van der Waals surface area contributed by atoms with Crippen LogP contribution in [0.2, 0.25) is 5.02 Å². The molecule has 21 heavy (non-hydrogen) atoms. The van der Waals surface area contributed by atoms with Crippen molar-refractivity contribution in [3.05, 3.63) is 34.6 Å². The Morgan fingerprint density at radius 1 is 1.24 bits per heavy atom. The van der Waals surface area contributed by atoms with Crippen LogP contribution in [0.5, 0.6) is 0 Å². The first-order chi connectivity index (χ1) is 10.1. The molecule has 1 fully saturated rings. The lowest BCUT2D eigenvalue weighted by molar-refractivity contribution is 0.313. The minimum Gasteiger partial charge on any atom is -0.316 e. The first-order valence-corrected chi connectivity index (χ1v) is 8.58. The molecule has 0 radical (unpaired) electrons. The van der Waals surface area contributed by atoms with Crippen LogP contribution in [0.15, 0.2) is 18.2 Å². The van der Waals surface area contributed by atoms with Gasteiger partial charge in [-0.2, -0.15) is 0 Å². The summed E-state index contributed by atoms with van der Waals surface area (Å²) < 4.78 is 14.0. The third kappa shape index (κ3) is 5.27. The smallest absolute Gasteiger partial charge is 0.126 e. The van der Waals surface area contributed by atoms with Crippen molar-refractivity contribution < 1.29 is 4.39 Å². The summed E-state index contributed by atoms with van der Waals surface area (Å²) in [6, 6.07) is 4.91. The van der Waals surface area contributed by atoms with Gasteiger partial charge < -0.3 is 5.32 Å². The fraction of sp³-hybridized carbons (Fsp3) is 0.667. The highest BCUT2D eigenvalue weighted by atomic mass is 35.5. The summed E-state index contributed by atoms with van der Waals surface area (Å²) in [5, 5.41) is 4.19. The molecule has 0 aliphatic heterocycles. The van der Waals surface area contributed by atoms with Crippen LogP contribution in [-0.2, 0) is 6.42 Å². The van der Waals surface area contributed by atoms with E-state index in [4.69, 9.17) is 11.6 Å². The molecule has 1 saturated carbocycles. The Morgan fingerprint density at radius 3 is 2.62 bits per heavy atom. The highest BCUT2D eigenvalue weighted by Gasteiger charge is 2.25. The number of hydrogen-bond acceptors (Lipinski definition) is 1. The topological polar surface area (TPSA) is 12.0 Å². The van der Waals surface area contributed by atoms with Crippen LogP contribution in [0, 0.1) is 23.6 Å². The summed E-state index contributed by atoms with van der Waals surface area (Å²) in [5.41, 5.74) is 0.769. The fourth-order valence-corrected chi connectivity index (χ4v) is 3.57. The lowest BCUT2D eigenvalue weighted by Crippen LogP contribution is -2.31. The van der Waals surface area contributed by atoms with Gasteiger partial charge in [0.05, 0.1) is 0 Å². The molecule has 3 heteroatoms. The summed E-state index contributed by atoms with van der Waals surface area (Å²) in [6.07, 6.45) is 6.02. The zero-order valence-corrected chi connectivity index (χ0v) is 13.9. The molecule has 1 aliphatic rings. The van der Waals surface area contributed by atoms with E-state index in [2.05, 4.69) is 19.2 Å². The number of halogens is 2. The summed E-state index contributed by atoms with van der Waals surface area (Å²) in [5.74, 6) is 1.77. The summed E-state index contributed by atoms with van der Waals surface area (Å²) >= 11 is 6.02. The Labute approximate surface area is 133 Å². The van der Waals surface area contributed by atoms with Gasteiger partial charge in [-0.3, -0.25) is 0 Å². The van der Waals surface area contributed by atoms with Crippen LogP contribution < -0.4 is 5.32 Å². The molecule has 1 atom stereocenters. The van der Waals surface area contributed by atoms with Gasteiger partial charge >= 0.3 is 0 Å². The van der Waals surface area contributed by atoms with Crippen molar-refractivity contribution in [1.29, 1.82) is 0 Å². The molecular formula is C18H27ClFN. The average Bonchev–Trinajstić information content (AvgIpc) is 2.95. The largest absolute Gasteiger partial charge is 0.316 e. The van der Waals surface area contributed by atoms with Crippen LogP contribution in [0.3, 0.4) is 0 Å². The van der Waals surface area contributed by atoms with Crippen LogP contribution in [0.1, 0.15) is 45.1 Å². The van der Waals surface area contributed by atoms with E-state index in [-0.39, 0.29) is 5.82 Å². The van der Waals surface area contributed by atoms with E-state index in [1.54, 1.807) is 12.1 Å². The standard InChI is InChI=1S/C18H27ClFN/c1-13(2)11-21-12-16(14-5-3-4-6-14)9-15-10-17(19)7-8-18(15)20/h7-8,10,13-14,16,21H,3-6,9,11-12H2,1-2H3. The molecule has 1 nitrogen and oxygen atoms in total. The van der Waals surface area contributed by atoms with E-state index in [9.17, 15) is 4.39 Å². The molecule has 0 aromatic heterocycles. The van der Waals surface area contributed by atoms with Gasteiger partial charge in [0.25, 0.3) is 0 Å². The van der Waals surface area contributed by atoms with E-state index in [0.29, 0.717) is 16.9 Å². The van der Waals surface area contributed by atoms with E-state index in [1.165, 1.54) is 31.7 Å². The van der Waals surface area contributed by atoms with Crippen molar-refractivity contribution in [2.24, 2.45) is 17.8 Å². The summed E-state index contributed by atoms with van der Waals surface area (Å²) in [6.45, 7) is 6.44. The van der Waals surface area contributed by atoms with Crippen molar-refractivity contribution in [3.63, 3.8) is 0 Å². The number of rotatable bonds is 7. The molecule has 1 aromatic carbocycles. The molecule has 0 spiro atoms. The van der Waals surface area contributed by atoms with Crippen molar-refractivity contribution in [2.45, 2.75) is 46.0 Å². The second-order valence-electron chi connectivity index (χ2n) is 6.80. The van der Waals surface area contributed by atoms with E-state index in [0.717, 1.165) is 31.0 Å². The molecule has 0 heterocycles. The zero-order chi connectivity index (χ0) is 15.2. The maximum atomic E-state index is 14.0. The third-order valence-electron chi connectivity index (χ3n) is 4.52. The zero-order valence-electron chi connectivity index (χ0n) is 13.2. The fourth-order valence-electron chi connectivity index (χ4n) is 3.37. The lowest BCUT2D eigenvalue weighted by Gasteiger charge is -2.25. The molecule has 118 valence electrons. The highest BCUT2D eigenvalue weighted by molar-refractivity contribution is 6.30. The normalized spacial score (nSPS) is 17.6. The van der Waals surface area contributed by atoms with Gasteiger partial charge in [-0.25, -0.2) is 4.39 Å². The summed E-state index contributed by atoms with van der Waals surface area (Å²) in [7, 11) is 0. The summed E-state index contributed by atoms with van der Waals surface area (Å²) in [4.78, 5) is 0. The van der Waals surface area contributed by atoms with Gasteiger partial charge in [0.15, 0.2) is 0 Å². The Morgan fingerprint density at radius 2 is 1.95 bits per heavy atom. The maximum Gasteiger partial charge on any atom is 0.126 e. The molecule has 1 aliphatic carbocycles. The van der Waals surface area contributed by atoms with Crippen molar-refractivity contribution in [1.82, 2.24) is 5.32 Å². The predicted molar refractivity (Wildman–Crippen MR) is 88.3 cm³/mol. The van der Waals surface area contributed by atoms with Crippen molar-refractivity contribution in [2.75, 3.05) is 13.1 Å². The van der Waals surface area contributed by atoms with Crippen molar-refractivity contribution in [3.8, 4) is 0 Å². The Hall–Kier alpha value is -0.600. The third-order valence-corrected chi connectivity index (χ3v) is 4.75. The molecule has 1 unspecified atom stereocenters. The number of benzene rings is 1. The molecule has 0 amide bonds. The maximum absolute atomic E-state index is 14.0. The quantitative estimate of drug-likeness (QED) is 0.741. The molecule has 1 aromatic rings. The molecule has 0 saturated heterocycles. The number of hydrogen-bond donors (Lipinski definition) is 1. The second-order valence-corrected chi connectivity index (χ2v) is 7.23. The Balaban J connectivity index is 2.01. The van der Waals surface area contributed by atoms with Crippen LogP contribution in [0.4, 0.5) is 4.39 Å². The van der Waals surface area contributed by atoms with Crippen LogP contribution in [-0.4, -0.2) is 13.1 Å². The van der Waals surface area contributed by atoms with E-state index in [1.807, 2.05) is 0 Å². The van der Waals surface area contributed by atoms with Gasteiger partial charge in [0.2, 0.25) is 0 Å². The highest BCUT2D eigenvalue weighted by Crippen LogP contribution is 2.33. The Kier molecular flexibility index (Phi) is 6.50. The first-order valence-electron chi connectivity index (χ1n) is 8.21. The Bertz CT molecular complexity index is 441. The van der Waals surface area contributed by atoms with Gasteiger partial charge in [-0.15, -0.1) is 0 Å². The van der Waals surface area contributed by atoms with Gasteiger partial charge in [0, 0.05) is 5.02 Å².